The summed E-state index contributed by atoms with van der Waals surface area (Å²) in [7, 11) is 1.52. The third-order valence-corrected chi connectivity index (χ3v) is 6.13. The van der Waals surface area contributed by atoms with Gasteiger partial charge in [0.1, 0.15) is 23.2 Å². The fourth-order valence-corrected chi connectivity index (χ4v) is 4.01. The fraction of sp³-hybridized carbons (Fsp3) is 0.172. The van der Waals surface area contributed by atoms with Gasteiger partial charge in [-0.1, -0.05) is 53.6 Å². The molecular formula is C29H26ClN5O3. The number of nitrogens with one attached hydrogen (secondary N) is 2. The van der Waals surface area contributed by atoms with Crippen molar-refractivity contribution in [3.05, 3.63) is 106 Å². The van der Waals surface area contributed by atoms with Crippen LogP contribution in [0.15, 0.2) is 72.8 Å². The summed E-state index contributed by atoms with van der Waals surface area (Å²) in [5, 5.41) is 21.2. The van der Waals surface area contributed by atoms with E-state index < -0.39 is 0 Å². The van der Waals surface area contributed by atoms with E-state index in [4.69, 9.17) is 16.3 Å². The summed E-state index contributed by atoms with van der Waals surface area (Å²) < 4.78 is 6.78. The van der Waals surface area contributed by atoms with E-state index in [1.807, 2.05) is 19.1 Å². The van der Waals surface area contributed by atoms with Gasteiger partial charge in [0.15, 0.2) is 5.69 Å². The highest BCUT2D eigenvalue weighted by molar-refractivity contribution is 6.30. The number of aromatic nitrogens is 2. The lowest BCUT2D eigenvalue weighted by Gasteiger charge is -2.12. The Balaban J connectivity index is 1.53. The van der Waals surface area contributed by atoms with Crippen molar-refractivity contribution >= 4 is 29.1 Å². The number of amides is 1. The lowest BCUT2D eigenvalue weighted by molar-refractivity contribution is 0.0949. The normalized spacial score (nSPS) is 10.5. The number of methoxy groups -OCH3 is 1. The Hall–Kier alpha value is -4.61. The number of nitrogens with zero attached hydrogens (tertiary/aromatic N) is 3. The van der Waals surface area contributed by atoms with Gasteiger partial charge in [-0.25, -0.2) is 4.68 Å². The molecule has 4 rings (SSSR count). The summed E-state index contributed by atoms with van der Waals surface area (Å²) in [5.74, 6) is 0.305. The first-order valence-electron chi connectivity index (χ1n) is 12.0. The van der Waals surface area contributed by atoms with Gasteiger partial charge < -0.3 is 15.4 Å². The van der Waals surface area contributed by atoms with Crippen LogP contribution in [0.2, 0.25) is 5.02 Å². The number of aryl methyl sites for hydroxylation is 1. The number of anilines is 1. The van der Waals surface area contributed by atoms with Crippen LogP contribution in [-0.4, -0.2) is 41.7 Å². The molecule has 0 aliphatic carbocycles. The van der Waals surface area contributed by atoms with Crippen LogP contribution < -0.4 is 15.4 Å². The van der Waals surface area contributed by atoms with Crippen molar-refractivity contribution in [3.8, 4) is 17.5 Å². The Morgan fingerprint density at radius 3 is 2.42 bits per heavy atom. The zero-order valence-electron chi connectivity index (χ0n) is 21.0. The fourth-order valence-electron chi connectivity index (χ4n) is 3.88. The maximum absolute atomic E-state index is 13.3. The lowest BCUT2D eigenvalue weighted by atomic mass is 10.0. The van der Waals surface area contributed by atoms with Gasteiger partial charge in [-0.15, -0.1) is 0 Å². The zero-order valence-corrected chi connectivity index (χ0v) is 21.7. The molecule has 1 amide bonds. The third-order valence-electron chi connectivity index (χ3n) is 5.88. The molecule has 4 aromatic rings. The Labute approximate surface area is 225 Å². The maximum Gasteiger partial charge on any atom is 0.255 e. The largest absolute Gasteiger partial charge is 0.496 e. The number of para-hydroxylation sites is 1. The number of nitriles is 1. The number of carbonyl (C=O) groups is 2. The van der Waals surface area contributed by atoms with Crippen LogP contribution in [0.5, 0.6) is 5.75 Å². The standard InChI is InChI=1S/C29H26ClN5O3/c1-19-8-10-20(11-9-19)27(36)26-24(18-31)28(35(34-26)22-14-12-21(30)13-15-22)32-16-5-17-33-29(37)23-6-3-4-7-25(23)38-2/h3-4,6-15,32H,5,16-17H2,1-2H3,(H,33,37). The quantitative estimate of drug-likeness (QED) is 0.217. The van der Waals surface area contributed by atoms with Gasteiger partial charge in [0.2, 0.25) is 5.78 Å². The average Bonchev–Trinajstić information content (AvgIpc) is 3.31. The molecule has 192 valence electrons. The van der Waals surface area contributed by atoms with E-state index in [9.17, 15) is 14.9 Å². The summed E-state index contributed by atoms with van der Waals surface area (Å²) in [6, 6.07) is 23.2. The maximum atomic E-state index is 13.3. The van der Waals surface area contributed by atoms with Crippen molar-refractivity contribution in [3.63, 3.8) is 0 Å². The second-order valence-corrected chi connectivity index (χ2v) is 8.94. The van der Waals surface area contributed by atoms with Gasteiger partial charge in [0.05, 0.1) is 18.4 Å². The molecule has 1 heterocycles. The highest BCUT2D eigenvalue weighted by Gasteiger charge is 2.25. The molecule has 0 spiro atoms. The van der Waals surface area contributed by atoms with Gasteiger partial charge in [0, 0.05) is 23.7 Å². The molecule has 0 aliphatic rings. The topological polar surface area (TPSA) is 109 Å². The number of rotatable bonds is 10. The Morgan fingerprint density at radius 2 is 1.74 bits per heavy atom. The van der Waals surface area contributed by atoms with E-state index in [0.29, 0.717) is 52.9 Å². The molecular weight excluding hydrogens is 502 g/mol. The van der Waals surface area contributed by atoms with Crippen LogP contribution >= 0.6 is 11.6 Å². The lowest BCUT2D eigenvalue weighted by Crippen LogP contribution is -2.26. The van der Waals surface area contributed by atoms with Crippen LogP contribution in [0.3, 0.4) is 0 Å². The summed E-state index contributed by atoms with van der Waals surface area (Å²) >= 11 is 6.06. The van der Waals surface area contributed by atoms with Gasteiger partial charge >= 0.3 is 0 Å². The highest BCUT2D eigenvalue weighted by Crippen LogP contribution is 2.26. The van der Waals surface area contributed by atoms with Gasteiger partial charge in [-0.2, -0.15) is 10.4 Å². The Bertz CT molecular complexity index is 1490. The summed E-state index contributed by atoms with van der Waals surface area (Å²) in [4.78, 5) is 25.8. The molecule has 8 nitrogen and oxygen atoms in total. The first-order chi connectivity index (χ1) is 18.4. The molecule has 3 aromatic carbocycles. The van der Waals surface area contributed by atoms with Crippen molar-refractivity contribution in [2.24, 2.45) is 0 Å². The second kappa shape index (κ2) is 12.1. The van der Waals surface area contributed by atoms with Crippen molar-refractivity contribution in [2.45, 2.75) is 13.3 Å². The van der Waals surface area contributed by atoms with Crippen molar-refractivity contribution in [1.29, 1.82) is 5.26 Å². The molecule has 0 radical (unpaired) electrons. The molecule has 0 fully saturated rings. The zero-order chi connectivity index (χ0) is 27.1. The SMILES string of the molecule is COc1ccccc1C(=O)NCCCNc1c(C#N)c(C(=O)c2ccc(C)cc2)nn1-c1ccc(Cl)cc1. The molecule has 0 saturated carbocycles. The van der Waals surface area contributed by atoms with Gasteiger partial charge in [-0.05, 0) is 49.7 Å². The van der Waals surface area contributed by atoms with E-state index in [2.05, 4.69) is 21.8 Å². The molecule has 0 aliphatic heterocycles. The van der Waals surface area contributed by atoms with E-state index in [0.717, 1.165) is 5.56 Å². The predicted octanol–water partition coefficient (Wildman–Crippen LogP) is 5.18. The molecule has 0 saturated heterocycles. The first-order valence-corrected chi connectivity index (χ1v) is 12.4. The number of ether oxygens (including phenoxy) is 1. The summed E-state index contributed by atoms with van der Waals surface area (Å²) in [6.45, 7) is 2.74. The summed E-state index contributed by atoms with van der Waals surface area (Å²) in [6.07, 6.45) is 0.554. The smallest absolute Gasteiger partial charge is 0.255 e. The second-order valence-electron chi connectivity index (χ2n) is 8.50. The number of benzene rings is 3. The van der Waals surface area contributed by atoms with Crippen molar-refractivity contribution in [1.82, 2.24) is 15.1 Å². The summed E-state index contributed by atoms with van der Waals surface area (Å²) in [5.41, 5.74) is 2.75. The minimum Gasteiger partial charge on any atom is -0.496 e. The van der Waals surface area contributed by atoms with E-state index in [1.165, 1.54) is 11.8 Å². The Morgan fingerprint density at radius 1 is 1.03 bits per heavy atom. The van der Waals surface area contributed by atoms with Crippen molar-refractivity contribution < 1.29 is 14.3 Å². The number of hydrogen-bond acceptors (Lipinski definition) is 6. The van der Waals surface area contributed by atoms with E-state index in [1.54, 1.807) is 60.7 Å². The molecule has 0 unspecified atom stereocenters. The predicted molar refractivity (Wildman–Crippen MR) is 146 cm³/mol. The van der Waals surface area contributed by atoms with Gasteiger partial charge in [0.25, 0.3) is 5.91 Å². The molecule has 0 bridgehead atoms. The van der Waals surface area contributed by atoms with Crippen LogP contribution in [0.25, 0.3) is 5.69 Å². The van der Waals surface area contributed by atoms with Crippen LogP contribution in [0.1, 0.15) is 44.0 Å². The van der Waals surface area contributed by atoms with E-state index >= 15 is 0 Å². The minimum atomic E-state index is -0.346. The third kappa shape index (κ3) is 5.85. The highest BCUT2D eigenvalue weighted by atomic mass is 35.5. The monoisotopic (exact) mass is 527 g/mol. The molecule has 38 heavy (non-hydrogen) atoms. The number of hydrogen-bond donors (Lipinski definition) is 2. The molecule has 9 heteroatoms. The van der Waals surface area contributed by atoms with Crippen LogP contribution in [-0.2, 0) is 0 Å². The number of halogens is 1. The molecule has 1 aromatic heterocycles. The minimum absolute atomic E-state index is 0.0540. The number of carbonyl (C=O) groups excluding carboxylic acids is 2. The molecule has 0 atom stereocenters. The first kappa shape index (κ1) is 26.5. The van der Waals surface area contributed by atoms with Crippen molar-refractivity contribution in [2.75, 3.05) is 25.5 Å². The Kier molecular flexibility index (Phi) is 8.41. The van der Waals surface area contributed by atoms with E-state index in [-0.39, 0.29) is 22.9 Å². The van der Waals surface area contributed by atoms with Crippen LogP contribution in [0, 0.1) is 18.3 Å². The molecule has 2 N–H and O–H groups in total. The number of ketones is 1. The van der Waals surface area contributed by atoms with Crippen LogP contribution in [0.4, 0.5) is 5.82 Å². The average molecular weight is 528 g/mol. The van der Waals surface area contributed by atoms with Gasteiger partial charge in [-0.3, -0.25) is 9.59 Å².